The first kappa shape index (κ1) is 14.7. The van der Waals surface area contributed by atoms with E-state index in [0.29, 0.717) is 22.5 Å². The van der Waals surface area contributed by atoms with Crippen LogP contribution in [-0.2, 0) is 5.33 Å². The first-order chi connectivity index (χ1) is 8.02. The molecule has 0 fully saturated rings. The summed E-state index contributed by atoms with van der Waals surface area (Å²) in [4.78, 5) is 12.0. The number of nitrogens with one attached hydrogen (secondary N) is 1. The lowest BCUT2D eigenvalue weighted by molar-refractivity contribution is 0.0955. The van der Waals surface area contributed by atoms with Crippen molar-refractivity contribution >= 4 is 47.4 Å². The van der Waals surface area contributed by atoms with E-state index in [9.17, 15) is 4.79 Å². The standard InChI is InChI=1S/C12H17BrClNOSi/c1-4-15-12(16)11-8(7-13)10(17(2)3)6-5-9(11)14/h5-6,17H,4,7H2,1-3H3,(H,15,16). The van der Waals surface area contributed by atoms with Crippen LogP contribution in [0.25, 0.3) is 0 Å². The fourth-order valence-electron chi connectivity index (χ4n) is 1.81. The second kappa shape index (κ2) is 6.57. The van der Waals surface area contributed by atoms with E-state index < -0.39 is 8.80 Å². The first-order valence-corrected chi connectivity index (χ1v) is 10.1. The molecule has 0 atom stereocenters. The summed E-state index contributed by atoms with van der Waals surface area (Å²) >= 11 is 9.61. The molecule has 0 saturated carbocycles. The van der Waals surface area contributed by atoms with Crippen LogP contribution in [0.15, 0.2) is 12.1 Å². The molecular weight excluding hydrogens is 318 g/mol. The molecule has 0 aliphatic rings. The molecule has 0 saturated heterocycles. The van der Waals surface area contributed by atoms with E-state index in [2.05, 4.69) is 40.4 Å². The summed E-state index contributed by atoms with van der Waals surface area (Å²) in [6.07, 6.45) is 0. The van der Waals surface area contributed by atoms with E-state index in [1.807, 2.05) is 13.0 Å². The highest BCUT2D eigenvalue weighted by Gasteiger charge is 2.19. The van der Waals surface area contributed by atoms with Crippen LogP contribution in [0.4, 0.5) is 0 Å². The van der Waals surface area contributed by atoms with Crippen molar-refractivity contribution in [1.82, 2.24) is 5.32 Å². The highest BCUT2D eigenvalue weighted by molar-refractivity contribution is 9.08. The minimum Gasteiger partial charge on any atom is -0.352 e. The molecule has 5 heteroatoms. The SMILES string of the molecule is CCNC(=O)c1c(Cl)ccc([SiH](C)C)c1CBr. The number of carbonyl (C=O) groups excluding carboxylic acids is 1. The normalized spacial score (nSPS) is 10.7. The van der Waals surface area contributed by atoms with Crippen molar-refractivity contribution in [3.8, 4) is 0 Å². The van der Waals surface area contributed by atoms with Gasteiger partial charge in [-0.05, 0) is 18.6 Å². The fourth-order valence-corrected chi connectivity index (χ4v) is 4.40. The molecular formula is C12H17BrClNOSi. The van der Waals surface area contributed by atoms with Crippen molar-refractivity contribution in [2.45, 2.75) is 25.3 Å². The lowest BCUT2D eigenvalue weighted by Crippen LogP contribution is -2.32. The Morgan fingerprint density at radius 1 is 1.47 bits per heavy atom. The van der Waals surface area contributed by atoms with Gasteiger partial charge in [0.05, 0.1) is 19.4 Å². The van der Waals surface area contributed by atoms with Gasteiger partial charge in [0.25, 0.3) is 5.91 Å². The van der Waals surface area contributed by atoms with Crippen LogP contribution >= 0.6 is 27.5 Å². The van der Waals surface area contributed by atoms with Gasteiger partial charge in [-0.3, -0.25) is 4.79 Å². The molecule has 1 aromatic carbocycles. The zero-order valence-electron chi connectivity index (χ0n) is 10.3. The molecule has 0 aliphatic carbocycles. The molecule has 1 amide bonds. The molecule has 17 heavy (non-hydrogen) atoms. The molecule has 1 aromatic rings. The summed E-state index contributed by atoms with van der Waals surface area (Å²) in [6.45, 7) is 7.01. The molecule has 0 aliphatic heterocycles. The number of amides is 1. The topological polar surface area (TPSA) is 29.1 Å². The Hall–Kier alpha value is -0.323. The van der Waals surface area contributed by atoms with Gasteiger partial charge < -0.3 is 5.32 Å². The van der Waals surface area contributed by atoms with Crippen molar-refractivity contribution in [3.63, 3.8) is 0 Å². The molecule has 0 unspecified atom stereocenters. The van der Waals surface area contributed by atoms with E-state index in [1.54, 1.807) is 0 Å². The van der Waals surface area contributed by atoms with Gasteiger partial charge in [-0.25, -0.2) is 0 Å². The van der Waals surface area contributed by atoms with Crippen molar-refractivity contribution in [2.24, 2.45) is 0 Å². The number of carbonyl (C=O) groups is 1. The summed E-state index contributed by atoms with van der Waals surface area (Å²) in [6, 6.07) is 3.89. The van der Waals surface area contributed by atoms with Gasteiger partial charge in [0.15, 0.2) is 0 Å². The minimum atomic E-state index is -0.964. The smallest absolute Gasteiger partial charge is 0.253 e. The number of halogens is 2. The molecule has 0 aromatic heterocycles. The Kier molecular flexibility index (Phi) is 5.69. The van der Waals surface area contributed by atoms with E-state index in [4.69, 9.17) is 11.6 Å². The average Bonchev–Trinajstić information content (AvgIpc) is 2.28. The van der Waals surface area contributed by atoms with Gasteiger partial charge in [0.1, 0.15) is 0 Å². The van der Waals surface area contributed by atoms with Crippen LogP contribution < -0.4 is 10.5 Å². The second-order valence-electron chi connectivity index (χ2n) is 4.14. The van der Waals surface area contributed by atoms with E-state index in [0.717, 1.165) is 5.56 Å². The third kappa shape index (κ3) is 3.33. The fraction of sp³-hybridized carbons (Fsp3) is 0.417. The monoisotopic (exact) mass is 333 g/mol. The Morgan fingerprint density at radius 2 is 2.12 bits per heavy atom. The van der Waals surface area contributed by atoms with E-state index >= 15 is 0 Å². The Labute approximate surface area is 117 Å². The highest BCUT2D eigenvalue weighted by Crippen LogP contribution is 2.21. The Balaban J connectivity index is 3.35. The molecule has 94 valence electrons. The zero-order chi connectivity index (χ0) is 13.0. The van der Waals surface area contributed by atoms with Crippen molar-refractivity contribution in [3.05, 3.63) is 28.3 Å². The molecule has 0 heterocycles. The number of rotatable bonds is 4. The zero-order valence-corrected chi connectivity index (χ0v) is 13.8. The number of benzene rings is 1. The van der Waals surface area contributed by atoms with E-state index in [-0.39, 0.29) is 5.91 Å². The van der Waals surface area contributed by atoms with Crippen molar-refractivity contribution < 1.29 is 4.79 Å². The Bertz CT molecular complexity index is 423. The first-order valence-electron chi connectivity index (χ1n) is 5.68. The van der Waals surface area contributed by atoms with Gasteiger partial charge in [0, 0.05) is 11.9 Å². The summed E-state index contributed by atoms with van der Waals surface area (Å²) in [5.41, 5.74) is 1.68. The lowest BCUT2D eigenvalue weighted by Gasteiger charge is -2.16. The predicted octanol–water partition coefficient (Wildman–Crippen LogP) is 2.68. The summed E-state index contributed by atoms with van der Waals surface area (Å²) in [7, 11) is -0.964. The maximum Gasteiger partial charge on any atom is 0.253 e. The maximum atomic E-state index is 12.0. The van der Waals surface area contributed by atoms with Crippen LogP contribution in [0.5, 0.6) is 0 Å². The Morgan fingerprint density at radius 3 is 2.59 bits per heavy atom. The number of hydrogen-bond donors (Lipinski definition) is 1. The third-order valence-corrected chi connectivity index (χ3v) is 5.28. The van der Waals surface area contributed by atoms with Crippen LogP contribution in [-0.4, -0.2) is 21.2 Å². The van der Waals surface area contributed by atoms with Gasteiger partial charge in [-0.15, -0.1) is 0 Å². The van der Waals surface area contributed by atoms with Crippen molar-refractivity contribution in [1.29, 1.82) is 0 Å². The summed E-state index contributed by atoms with van der Waals surface area (Å²) in [5.74, 6) is -0.0801. The molecule has 0 spiro atoms. The molecule has 2 nitrogen and oxygen atoms in total. The quantitative estimate of drug-likeness (QED) is 0.666. The van der Waals surface area contributed by atoms with Crippen LogP contribution in [0.2, 0.25) is 18.1 Å². The second-order valence-corrected chi connectivity index (χ2v) is 8.04. The number of hydrogen-bond acceptors (Lipinski definition) is 1. The van der Waals surface area contributed by atoms with Gasteiger partial charge in [-0.1, -0.05) is 51.9 Å². The average molecular weight is 335 g/mol. The minimum absolute atomic E-state index is 0.0801. The van der Waals surface area contributed by atoms with E-state index in [1.165, 1.54) is 5.19 Å². The third-order valence-electron chi connectivity index (χ3n) is 2.62. The van der Waals surface area contributed by atoms with Crippen LogP contribution in [0.1, 0.15) is 22.8 Å². The highest BCUT2D eigenvalue weighted by atomic mass is 79.9. The predicted molar refractivity (Wildman–Crippen MR) is 80.6 cm³/mol. The lowest BCUT2D eigenvalue weighted by atomic mass is 10.1. The molecule has 0 radical (unpaired) electrons. The summed E-state index contributed by atoms with van der Waals surface area (Å²) in [5, 5.41) is 5.31. The molecule has 1 rings (SSSR count). The van der Waals surface area contributed by atoms with Crippen molar-refractivity contribution in [2.75, 3.05) is 6.54 Å². The largest absolute Gasteiger partial charge is 0.352 e. The molecule has 0 bridgehead atoms. The van der Waals surface area contributed by atoms with Crippen LogP contribution in [0.3, 0.4) is 0 Å². The molecule has 1 N–H and O–H groups in total. The van der Waals surface area contributed by atoms with Crippen LogP contribution in [0, 0.1) is 0 Å². The van der Waals surface area contributed by atoms with Gasteiger partial charge in [0.2, 0.25) is 0 Å². The summed E-state index contributed by atoms with van der Waals surface area (Å²) < 4.78 is 0. The van der Waals surface area contributed by atoms with Gasteiger partial charge >= 0.3 is 0 Å². The van der Waals surface area contributed by atoms with Gasteiger partial charge in [-0.2, -0.15) is 0 Å². The number of alkyl halides is 1. The maximum absolute atomic E-state index is 12.0.